The van der Waals surface area contributed by atoms with Crippen molar-refractivity contribution >= 4 is 47.2 Å². The minimum atomic E-state index is -0.0359. The van der Waals surface area contributed by atoms with Gasteiger partial charge >= 0.3 is 0 Å². The van der Waals surface area contributed by atoms with E-state index >= 15 is 0 Å². The number of amides is 1. The summed E-state index contributed by atoms with van der Waals surface area (Å²) in [6.45, 7) is 0.657. The Labute approximate surface area is 134 Å². The van der Waals surface area contributed by atoms with Gasteiger partial charge in [-0.25, -0.2) is 4.98 Å². The zero-order chi connectivity index (χ0) is 12.8. The molecule has 0 aromatic carbocycles. The van der Waals surface area contributed by atoms with Crippen LogP contribution < -0.4 is 10.6 Å². The van der Waals surface area contributed by atoms with Gasteiger partial charge in [0.2, 0.25) is 5.91 Å². The Bertz CT molecular complexity index is 521. The molecule has 0 radical (unpaired) electrons. The predicted octanol–water partition coefficient (Wildman–Crippen LogP) is 2.60. The number of pyridine rings is 1. The highest BCUT2D eigenvalue weighted by Gasteiger charge is 2.07. The van der Waals surface area contributed by atoms with Crippen LogP contribution in [0.4, 0.5) is 5.13 Å². The number of aromatic nitrogens is 2. The number of anilines is 1. The number of hydrogen-bond acceptors (Lipinski definition) is 5. The quantitative estimate of drug-likeness (QED) is 0.881. The summed E-state index contributed by atoms with van der Waals surface area (Å²) in [6, 6.07) is 5.66. The third-order valence-corrected chi connectivity index (χ3v) is 3.04. The van der Waals surface area contributed by atoms with Crippen LogP contribution >= 0.6 is 36.2 Å². The summed E-state index contributed by atoms with van der Waals surface area (Å²) in [5.41, 5.74) is 1.59. The van der Waals surface area contributed by atoms with Crippen molar-refractivity contribution < 1.29 is 4.79 Å². The summed E-state index contributed by atoms with van der Waals surface area (Å²) in [4.78, 5) is 20.1. The highest BCUT2D eigenvalue weighted by molar-refractivity contribution is 7.14. The maximum Gasteiger partial charge on any atom is 0.227 e. The molecular formula is C12H16Cl2N4OS. The van der Waals surface area contributed by atoms with Gasteiger partial charge in [-0.05, 0) is 19.2 Å². The smallest absolute Gasteiger partial charge is 0.227 e. The number of nitrogens with zero attached hydrogens (tertiary/aromatic N) is 2. The molecular weight excluding hydrogens is 319 g/mol. The van der Waals surface area contributed by atoms with Crippen molar-refractivity contribution in [1.82, 2.24) is 15.3 Å². The summed E-state index contributed by atoms with van der Waals surface area (Å²) >= 11 is 1.40. The van der Waals surface area contributed by atoms with E-state index in [1.165, 1.54) is 11.3 Å². The lowest BCUT2D eigenvalue weighted by Gasteiger charge is -2.00. The molecule has 0 saturated heterocycles. The van der Waals surface area contributed by atoms with E-state index in [1.54, 1.807) is 6.20 Å². The third kappa shape index (κ3) is 5.42. The van der Waals surface area contributed by atoms with Gasteiger partial charge < -0.3 is 10.6 Å². The summed E-state index contributed by atoms with van der Waals surface area (Å²) in [7, 11) is 1.82. The number of carbonyl (C=O) groups excluding carboxylic acids is 1. The van der Waals surface area contributed by atoms with E-state index in [0.29, 0.717) is 18.1 Å². The van der Waals surface area contributed by atoms with Gasteiger partial charge in [-0.2, -0.15) is 0 Å². The molecule has 2 heterocycles. The van der Waals surface area contributed by atoms with Crippen LogP contribution in [0.25, 0.3) is 11.4 Å². The zero-order valence-electron chi connectivity index (χ0n) is 10.8. The first-order valence-corrected chi connectivity index (χ1v) is 6.49. The monoisotopic (exact) mass is 334 g/mol. The van der Waals surface area contributed by atoms with Crippen molar-refractivity contribution in [1.29, 1.82) is 0 Å². The Morgan fingerprint density at radius 3 is 2.75 bits per heavy atom. The Morgan fingerprint density at radius 2 is 2.10 bits per heavy atom. The van der Waals surface area contributed by atoms with Gasteiger partial charge in [0.1, 0.15) is 5.69 Å². The molecule has 0 spiro atoms. The van der Waals surface area contributed by atoms with Crippen LogP contribution in [-0.4, -0.2) is 29.5 Å². The SMILES string of the molecule is CNCCC(=O)Nc1nc(-c2ccccn2)cs1.Cl.Cl. The van der Waals surface area contributed by atoms with Gasteiger partial charge in [-0.15, -0.1) is 36.2 Å². The van der Waals surface area contributed by atoms with E-state index in [1.807, 2.05) is 30.6 Å². The number of hydrogen-bond donors (Lipinski definition) is 2. The summed E-state index contributed by atoms with van der Waals surface area (Å²) in [5, 5.41) is 8.19. The fraction of sp³-hybridized carbons (Fsp3) is 0.250. The normalized spacial score (nSPS) is 9.25. The van der Waals surface area contributed by atoms with E-state index in [4.69, 9.17) is 0 Å². The molecule has 0 atom stereocenters. The zero-order valence-corrected chi connectivity index (χ0v) is 13.3. The van der Waals surface area contributed by atoms with Crippen molar-refractivity contribution in [2.24, 2.45) is 0 Å². The van der Waals surface area contributed by atoms with Crippen LogP contribution in [0.3, 0.4) is 0 Å². The summed E-state index contributed by atoms with van der Waals surface area (Å²) in [6.07, 6.45) is 2.16. The highest BCUT2D eigenvalue weighted by Crippen LogP contribution is 2.22. The molecule has 2 aromatic rings. The topological polar surface area (TPSA) is 66.9 Å². The van der Waals surface area contributed by atoms with Crippen molar-refractivity contribution in [3.05, 3.63) is 29.8 Å². The van der Waals surface area contributed by atoms with Gasteiger partial charge in [0, 0.05) is 24.5 Å². The predicted molar refractivity (Wildman–Crippen MR) is 87.0 cm³/mol. The molecule has 0 unspecified atom stereocenters. The number of thiazole rings is 1. The lowest BCUT2D eigenvalue weighted by molar-refractivity contribution is -0.116. The van der Waals surface area contributed by atoms with E-state index < -0.39 is 0 Å². The fourth-order valence-corrected chi connectivity index (χ4v) is 2.10. The molecule has 0 saturated carbocycles. The molecule has 110 valence electrons. The third-order valence-electron chi connectivity index (χ3n) is 2.28. The summed E-state index contributed by atoms with van der Waals surface area (Å²) in [5.74, 6) is -0.0359. The van der Waals surface area contributed by atoms with E-state index in [-0.39, 0.29) is 30.7 Å². The van der Waals surface area contributed by atoms with Gasteiger partial charge in [-0.3, -0.25) is 9.78 Å². The second-order valence-corrected chi connectivity index (χ2v) is 4.51. The first-order chi connectivity index (χ1) is 8.79. The number of carbonyl (C=O) groups is 1. The van der Waals surface area contributed by atoms with Crippen molar-refractivity contribution in [2.45, 2.75) is 6.42 Å². The first-order valence-electron chi connectivity index (χ1n) is 5.61. The Morgan fingerprint density at radius 1 is 1.30 bits per heavy atom. The molecule has 8 heteroatoms. The highest BCUT2D eigenvalue weighted by atomic mass is 35.5. The molecule has 0 aliphatic heterocycles. The fourth-order valence-electron chi connectivity index (χ4n) is 1.38. The standard InChI is InChI=1S/C12H14N4OS.2ClH/c1-13-7-5-11(17)16-12-15-10(8-18-12)9-4-2-3-6-14-9;;/h2-4,6,8,13H,5,7H2,1H3,(H,15,16,17);2*1H. The second kappa shape index (κ2) is 9.66. The maximum atomic E-state index is 11.5. The Kier molecular flexibility index (Phi) is 9.07. The van der Waals surface area contributed by atoms with Crippen LogP contribution in [0.1, 0.15) is 6.42 Å². The molecule has 0 aliphatic carbocycles. The maximum absolute atomic E-state index is 11.5. The molecule has 5 nitrogen and oxygen atoms in total. The van der Waals surface area contributed by atoms with Gasteiger partial charge in [-0.1, -0.05) is 6.07 Å². The van der Waals surface area contributed by atoms with Crippen LogP contribution in [-0.2, 0) is 4.79 Å². The molecule has 2 rings (SSSR count). The molecule has 2 aromatic heterocycles. The minimum Gasteiger partial charge on any atom is -0.319 e. The molecule has 20 heavy (non-hydrogen) atoms. The lowest BCUT2D eigenvalue weighted by atomic mass is 10.3. The Hall–Kier alpha value is -1.21. The number of halogens is 2. The molecule has 0 bridgehead atoms. The van der Waals surface area contributed by atoms with E-state index in [2.05, 4.69) is 20.6 Å². The van der Waals surface area contributed by atoms with Gasteiger partial charge in [0.15, 0.2) is 5.13 Å². The Balaban J connectivity index is 0.00000180. The average molecular weight is 335 g/mol. The van der Waals surface area contributed by atoms with Crippen molar-refractivity contribution in [3.8, 4) is 11.4 Å². The van der Waals surface area contributed by atoms with Crippen LogP contribution in [0, 0.1) is 0 Å². The average Bonchev–Trinajstić information content (AvgIpc) is 2.86. The van der Waals surface area contributed by atoms with Crippen LogP contribution in [0.5, 0.6) is 0 Å². The molecule has 0 aliphatic rings. The molecule has 1 amide bonds. The lowest BCUT2D eigenvalue weighted by Crippen LogP contribution is -2.18. The van der Waals surface area contributed by atoms with Crippen LogP contribution in [0.2, 0.25) is 0 Å². The van der Waals surface area contributed by atoms with Crippen molar-refractivity contribution in [2.75, 3.05) is 18.9 Å². The van der Waals surface area contributed by atoms with Gasteiger partial charge in [0.05, 0.1) is 5.69 Å². The van der Waals surface area contributed by atoms with E-state index in [0.717, 1.165) is 11.4 Å². The minimum absolute atomic E-state index is 0. The number of rotatable bonds is 5. The number of nitrogens with one attached hydrogen (secondary N) is 2. The first kappa shape index (κ1) is 18.8. The largest absolute Gasteiger partial charge is 0.319 e. The molecule has 2 N–H and O–H groups in total. The molecule has 0 fully saturated rings. The van der Waals surface area contributed by atoms with E-state index in [9.17, 15) is 4.79 Å². The van der Waals surface area contributed by atoms with Crippen molar-refractivity contribution in [3.63, 3.8) is 0 Å². The van der Waals surface area contributed by atoms with Gasteiger partial charge in [0.25, 0.3) is 0 Å². The second-order valence-electron chi connectivity index (χ2n) is 3.65. The summed E-state index contributed by atoms with van der Waals surface area (Å²) < 4.78 is 0. The van der Waals surface area contributed by atoms with Crippen LogP contribution in [0.15, 0.2) is 29.8 Å².